The van der Waals surface area contributed by atoms with Gasteiger partial charge in [-0.25, -0.2) is 4.68 Å². The van der Waals surface area contributed by atoms with E-state index in [0.717, 1.165) is 18.0 Å². The molecule has 0 amide bonds. The van der Waals surface area contributed by atoms with Gasteiger partial charge in [0.15, 0.2) is 0 Å². The van der Waals surface area contributed by atoms with Crippen molar-refractivity contribution in [3.63, 3.8) is 0 Å². The summed E-state index contributed by atoms with van der Waals surface area (Å²) in [6, 6.07) is 4.28. The number of benzene rings is 1. The zero-order chi connectivity index (χ0) is 15.6. The molecule has 6 nitrogen and oxygen atoms in total. The van der Waals surface area contributed by atoms with Crippen LogP contribution in [0.5, 0.6) is 0 Å². The molecule has 0 aliphatic heterocycles. The highest BCUT2D eigenvalue weighted by Crippen LogP contribution is 2.29. The molecule has 0 bridgehead atoms. The summed E-state index contributed by atoms with van der Waals surface area (Å²) in [5.74, 6) is 0. The Morgan fingerprint density at radius 3 is 2.76 bits per heavy atom. The van der Waals surface area contributed by atoms with Crippen LogP contribution in [0, 0.1) is 10.1 Å². The topological polar surface area (TPSA) is 70.2 Å². The van der Waals surface area contributed by atoms with Crippen molar-refractivity contribution in [1.82, 2.24) is 9.78 Å². The molecule has 0 aliphatic carbocycles. The van der Waals surface area contributed by atoms with E-state index < -0.39 is 13.0 Å². The van der Waals surface area contributed by atoms with Gasteiger partial charge in [-0.1, -0.05) is 19.6 Å². The van der Waals surface area contributed by atoms with Crippen molar-refractivity contribution in [2.24, 2.45) is 0 Å². The second-order valence-electron chi connectivity index (χ2n) is 6.14. The molecule has 0 aliphatic rings. The van der Waals surface area contributed by atoms with Gasteiger partial charge in [-0.05, 0) is 28.0 Å². The molecule has 0 saturated carbocycles. The van der Waals surface area contributed by atoms with Crippen LogP contribution >= 0.6 is 15.9 Å². The van der Waals surface area contributed by atoms with Gasteiger partial charge < -0.3 is 4.74 Å². The third-order valence-electron chi connectivity index (χ3n) is 3.04. The molecule has 2 aromatic rings. The third kappa shape index (κ3) is 4.35. The van der Waals surface area contributed by atoms with Crippen LogP contribution in [0.4, 0.5) is 5.69 Å². The Morgan fingerprint density at radius 2 is 2.14 bits per heavy atom. The molecule has 0 saturated heterocycles. The first-order valence-corrected chi connectivity index (χ1v) is 11.2. The molecule has 0 atom stereocenters. The first-order chi connectivity index (χ1) is 9.76. The van der Waals surface area contributed by atoms with Gasteiger partial charge in [0, 0.05) is 32.3 Å². The summed E-state index contributed by atoms with van der Waals surface area (Å²) in [6.45, 7) is 7.99. The minimum absolute atomic E-state index is 0.0432. The Hall–Kier alpha value is -1.25. The molecular formula is C13H18BrN3O3Si. The Kier molecular flexibility index (Phi) is 4.80. The fourth-order valence-electron chi connectivity index (χ4n) is 1.83. The molecule has 0 radical (unpaired) electrons. The van der Waals surface area contributed by atoms with E-state index in [1.165, 1.54) is 6.07 Å². The number of rotatable bonds is 6. The van der Waals surface area contributed by atoms with E-state index >= 15 is 0 Å². The standard InChI is InChI=1S/C13H18BrN3O3Si/c1-21(2,3)5-4-20-9-16-8-10-6-13(17(18)19)11(14)7-12(10)15-16/h6-8H,4-5,9H2,1-3H3. The number of nitro groups is 1. The van der Waals surface area contributed by atoms with Crippen LogP contribution in [0.3, 0.4) is 0 Å². The van der Waals surface area contributed by atoms with E-state index in [2.05, 4.69) is 40.7 Å². The number of ether oxygens (including phenoxy) is 1. The van der Waals surface area contributed by atoms with Gasteiger partial charge in [0.05, 0.1) is 14.9 Å². The molecular weight excluding hydrogens is 354 g/mol. The smallest absolute Gasteiger partial charge is 0.284 e. The van der Waals surface area contributed by atoms with Crippen molar-refractivity contribution in [2.45, 2.75) is 32.4 Å². The van der Waals surface area contributed by atoms with Crippen molar-refractivity contribution in [3.8, 4) is 0 Å². The molecule has 114 valence electrons. The Balaban J connectivity index is 2.07. The Morgan fingerprint density at radius 1 is 1.43 bits per heavy atom. The van der Waals surface area contributed by atoms with Crippen molar-refractivity contribution in [2.75, 3.05) is 6.61 Å². The lowest BCUT2D eigenvalue weighted by molar-refractivity contribution is -0.385. The molecule has 2 rings (SSSR count). The monoisotopic (exact) mass is 371 g/mol. The lowest BCUT2D eigenvalue weighted by atomic mass is 10.2. The maximum Gasteiger partial charge on any atom is 0.284 e. The predicted octanol–water partition coefficient (Wildman–Crippen LogP) is 4.02. The number of fused-ring (bicyclic) bond motifs is 1. The molecule has 1 heterocycles. The summed E-state index contributed by atoms with van der Waals surface area (Å²) in [6.07, 6.45) is 1.77. The average Bonchev–Trinajstić information content (AvgIpc) is 2.74. The van der Waals surface area contributed by atoms with Gasteiger partial charge in [-0.3, -0.25) is 10.1 Å². The summed E-state index contributed by atoms with van der Waals surface area (Å²) in [5, 5.41) is 16.0. The van der Waals surface area contributed by atoms with Gasteiger partial charge in [0.1, 0.15) is 6.73 Å². The first-order valence-electron chi connectivity index (χ1n) is 6.65. The molecule has 8 heteroatoms. The molecule has 21 heavy (non-hydrogen) atoms. The van der Waals surface area contributed by atoms with Crippen molar-refractivity contribution in [1.29, 1.82) is 0 Å². The zero-order valence-corrected chi connectivity index (χ0v) is 14.9. The van der Waals surface area contributed by atoms with E-state index in [0.29, 0.717) is 16.7 Å². The third-order valence-corrected chi connectivity index (χ3v) is 5.38. The van der Waals surface area contributed by atoms with E-state index in [1.807, 2.05) is 0 Å². The predicted molar refractivity (Wildman–Crippen MR) is 88.2 cm³/mol. The summed E-state index contributed by atoms with van der Waals surface area (Å²) in [5.41, 5.74) is 0.753. The van der Waals surface area contributed by atoms with Crippen LogP contribution in [0.25, 0.3) is 10.9 Å². The van der Waals surface area contributed by atoms with Crippen molar-refractivity contribution in [3.05, 3.63) is 32.9 Å². The van der Waals surface area contributed by atoms with Gasteiger partial charge in [-0.2, -0.15) is 5.10 Å². The quantitative estimate of drug-likeness (QED) is 0.332. The van der Waals surface area contributed by atoms with Gasteiger partial charge in [0.25, 0.3) is 5.69 Å². The van der Waals surface area contributed by atoms with E-state index in [1.54, 1.807) is 16.9 Å². The SMILES string of the molecule is C[Si](C)(C)CCOCn1cc2cc([N+](=O)[O-])c(Br)cc2n1. The van der Waals surface area contributed by atoms with Gasteiger partial charge >= 0.3 is 0 Å². The van der Waals surface area contributed by atoms with E-state index in [-0.39, 0.29) is 5.69 Å². The normalized spacial score (nSPS) is 12.0. The second kappa shape index (κ2) is 6.25. The molecule has 0 fully saturated rings. The van der Waals surface area contributed by atoms with Crippen LogP contribution in [-0.2, 0) is 11.5 Å². The van der Waals surface area contributed by atoms with Crippen LogP contribution < -0.4 is 0 Å². The van der Waals surface area contributed by atoms with Crippen molar-refractivity contribution >= 4 is 40.6 Å². The Bertz CT molecular complexity index is 666. The highest BCUT2D eigenvalue weighted by molar-refractivity contribution is 9.10. The van der Waals surface area contributed by atoms with Crippen LogP contribution in [0.2, 0.25) is 25.7 Å². The first kappa shape index (κ1) is 16.1. The number of nitro benzene ring substituents is 1. The minimum Gasteiger partial charge on any atom is -0.360 e. The number of halogens is 1. The molecule has 1 aromatic carbocycles. The molecule has 1 aromatic heterocycles. The fraction of sp³-hybridized carbons (Fsp3) is 0.462. The maximum atomic E-state index is 10.9. The summed E-state index contributed by atoms with van der Waals surface area (Å²) >= 11 is 3.20. The van der Waals surface area contributed by atoms with Crippen molar-refractivity contribution < 1.29 is 9.66 Å². The van der Waals surface area contributed by atoms with E-state index in [4.69, 9.17) is 4.74 Å². The summed E-state index contributed by atoms with van der Waals surface area (Å²) in [4.78, 5) is 10.5. The van der Waals surface area contributed by atoms with Gasteiger partial charge in [0.2, 0.25) is 0 Å². The maximum absolute atomic E-state index is 10.9. The average molecular weight is 372 g/mol. The highest BCUT2D eigenvalue weighted by atomic mass is 79.9. The molecule has 0 unspecified atom stereocenters. The van der Waals surface area contributed by atoms with Gasteiger partial charge in [-0.15, -0.1) is 0 Å². The molecule has 0 spiro atoms. The second-order valence-corrected chi connectivity index (χ2v) is 12.6. The number of nitrogens with zero attached hydrogens (tertiary/aromatic N) is 3. The highest BCUT2D eigenvalue weighted by Gasteiger charge is 2.15. The summed E-state index contributed by atoms with van der Waals surface area (Å²) in [7, 11) is -1.09. The largest absolute Gasteiger partial charge is 0.360 e. The van der Waals surface area contributed by atoms with Crippen LogP contribution in [0.1, 0.15) is 0 Å². The minimum atomic E-state index is -1.09. The molecule has 0 N–H and O–H groups in total. The number of aromatic nitrogens is 2. The number of hydrogen-bond donors (Lipinski definition) is 0. The van der Waals surface area contributed by atoms with E-state index in [9.17, 15) is 10.1 Å². The summed E-state index contributed by atoms with van der Waals surface area (Å²) < 4.78 is 7.73. The lowest BCUT2D eigenvalue weighted by Crippen LogP contribution is -2.22. The number of hydrogen-bond acceptors (Lipinski definition) is 4. The fourth-order valence-corrected chi connectivity index (χ4v) is 3.06. The zero-order valence-electron chi connectivity index (χ0n) is 12.3. The Labute approximate surface area is 132 Å². The lowest BCUT2D eigenvalue weighted by Gasteiger charge is -2.15. The van der Waals surface area contributed by atoms with Crippen LogP contribution in [0.15, 0.2) is 22.8 Å². The van der Waals surface area contributed by atoms with Crippen LogP contribution in [-0.4, -0.2) is 29.4 Å².